The number of alkyl halides is 3. The summed E-state index contributed by atoms with van der Waals surface area (Å²) in [4.78, 5) is 30.8. The van der Waals surface area contributed by atoms with Crippen LogP contribution >= 0.6 is 0 Å². The maximum atomic E-state index is 12.9. The molecular weight excluding hydrogens is 369 g/mol. The maximum absolute atomic E-state index is 12.9. The number of nitrogens with zero attached hydrogens (tertiary/aromatic N) is 2. The summed E-state index contributed by atoms with van der Waals surface area (Å²) in [6.07, 6.45) is 1.29. The van der Waals surface area contributed by atoms with E-state index < -0.39 is 17.7 Å². The molecule has 1 fully saturated rings. The molecule has 1 saturated heterocycles. The fourth-order valence-corrected chi connectivity index (χ4v) is 3.21. The highest BCUT2D eigenvalue weighted by molar-refractivity contribution is 5.99. The average molecular weight is 388 g/mol. The molecule has 1 aliphatic heterocycles. The first-order chi connectivity index (χ1) is 13.3. The van der Waals surface area contributed by atoms with Crippen LogP contribution in [0.1, 0.15) is 34.5 Å². The van der Waals surface area contributed by atoms with Gasteiger partial charge in [-0.15, -0.1) is 0 Å². The van der Waals surface area contributed by atoms with Crippen molar-refractivity contribution in [1.29, 1.82) is 0 Å². The van der Waals surface area contributed by atoms with Crippen LogP contribution in [0.25, 0.3) is 6.08 Å². The van der Waals surface area contributed by atoms with E-state index in [9.17, 15) is 22.8 Å². The molecule has 1 aliphatic rings. The van der Waals surface area contributed by atoms with Crippen molar-refractivity contribution < 1.29 is 22.8 Å². The Kier molecular flexibility index (Phi) is 5.92. The van der Waals surface area contributed by atoms with E-state index in [-0.39, 0.29) is 23.8 Å². The topological polar surface area (TPSA) is 50.3 Å². The van der Waals surface area contributed by atoms with E-state index >= 15 is 0 Å². The van der Waals surface area contributed by atoms with Gasteiger partial charge in [0.2, 0.25) is 5.91 Å². The van der Waals surface area contributed by atoms with Crippen molar-refractivity contribution in [3.05, 3.63) is 71.6 Å². The first kappa shape index (κ1) is 19.8. The lowest BCUT2D eigenvalue weighted by molar-refractivity contribution is -0.137. The number of piperidine rings is 1. The van der Waals surface area contributed by atoms with Crippen LogP contribution in [0, 0.1) is 5.92 Å². The van der Waals surface area contributed by atoms with Crippen molar-refractivity contribution in [2.24, 2.45) is 5.92 Å². The van der Waals surface area contributed by atoms with Gasteiger partial charge in [-0.05, 0) is 43.2 Å². The minimum atomic E-state index is -4.50. The molecule has 1 amide bonds. The zero-order valence-corrected chi connectivity index (χ0v) is 15.0. The van der Waals surface area contributed by atoms with Crippen LogP contribution < -0.4 is 0 Å². The molecule has 3 rings (SSSR count). The number of benzene rings is 1. The first-order valence-electron chi connectivity index (χ1n) is 8.94. The number of pyridine rings is 1. The van der Waals surface area contributed by atoms with Crippen molar-refractivity contribution in [2.45, 2.75) is 19.0 Å². The van der Waals surface area contributed by atoms with Gasteiger partial charge in [0.1, 0.15) is 0 Å². The Bertz CT molecular complexity index is 879. The minimum Gasteiger partial charge on any atom is -0.338 e. The highest BCUT2D eigenvalue weighted by Crippen LogP contribution is 2.30. The van der Waals surface area contributed by atoms with Gasteiger partial charge >= 0.3 is 6.18 Å². The Labute approximate surface area is 160 Å². The number of Topliss-reactive ketones (excluding diaryl/α,β-unsaturated/α-hetero) is 1. The van der Waals surface area contributed by atoms with Gasteiger partial charge in [-0.3, -0.25) is 14.6 Å². The zero-order chi connectivity index (χ0) is 20.1. The molecule has 1 unspecified atom stereocenters. The number of carbonyl (C=O) groups excluding carboxylic acids is 2. The van der Waals surface area contributed by atoms with Crippen LogP contribution in [0.5, 0.6) is 0 Å². The van der Waals surface area contributed by atoms with Crippen LogP contribution in [0.3, 0.4) is 0 Å². The lowest BCUT2D eigenvalue weighted by Gasteiger charge is -2.31. The standard InChI is InChI=1S/C21H19F3N2O2/c22-21(23,24)17-7-3-5-15(13-17)20(28)16-6-4-12-26(14-16)19(27)10-9-18-8-1-2-11-25-18/h1-3,5,7-11,13,16H,4,6,12,14H2. The molecule has 28 heavy (non-hydrogen) atoms. The second-order valence-electron chi connectivity index (χ2n) is 6.65. The summed E-state index contributed by atoms with van der Waals surface area (Å²) in [7, 11) is 0. The number of rotatable bonds is 4. The third kappa shape index (κ3) is 4.85. The fraction of sp³-hybridized carbons (Fsp3) is 0.286. The van der Waals surface area contributed by atoms with Gasteiger partial charge < -0.3 is 4.90 Å². The summed E-state index contributed by atoms with van der Waals surface area (Å²) in [5.74, 6) is -1.12. The first-order valence-corrected chi connectivity index (χ1v) is 8.94. The zero-order valence-electron chi connectivity index (χ0n) is 15.0. The summed E-state index contributed by atoms with van der Waals surface area (Å²) in [5.41, 5.74) is -0.178. The molecule has 2 aromatic rings. The van der Waals surface area contributed by atoms with Crippen molar-refractivity contribution in [1.82, 2.24) is 9.88 Å². The molecule has 1 aromatic heterocycles. The smallest absolute Gasteiger partial charge is 0.338 e. The predicted molar refractivity (Wildman–Crippen MR) is 98.3 cm³/mol. The Morgan fingerprint density at radius 3 is 2.68 bits per heavy atom. The molecule has 1 atom stereocenters. The number of likely N-dealkylation sites (tertiary alicyclic amines) is 1. The van der Waals surface area contributed by atoms with Gasteiger partial charge in [0, 0.05) is 36.8 Å². The van der Waals surface area contributed by atoms with Crippen molar-refractivity contribution in [2.75, 3.05) is 13.1 Å². The van der Waals surface area contributed by atoms with Crippen LogP contribution in [0.15, 0.2) is 54.7 Å². The normalized spacial score (nSPS) is 17.7. The van der Waals surface area contributed by atoms with Gasteiger partial charge in [0.15, 0.2) is 5.78 Å². The summed E-state index contributed by atoms with van der Waals surface area (Å²) in [6.45, 7) is 0.707. The number of hydrogen-bond donors (Lipinski definition) is 0. The Morgan fingerprint density at radius 2 is 1.96 bits per heavy atom. The summed E-state index contributed by atoms with van der Waals surface area (Å²) >= 11 is 0. The Morgan fingerprint density at radius 1 is 1.14 bits per heavy atom. The molecule has 1 aromatic carbocycles. The molecule has 2 heterocycles. The number of ketones is 1. The van der Waals surface area contributed by atoms with Crippen molar-refractivity contribution in [3.63, 3.8) is 0 Å². The van der Waals surface area contributed by atoms with Crippen LogP contribution in [0.2, 0.25) is 0 Å². The largest absolute Gasteiger partial charge is 0.416 e. The van der Waals surface area contributed by atoms with Crippen LogP contribution in [0.4, 0.5) is 13.2 Å². The van der Waals surface area contributed by atoms with E-state index in [1.807, 2.05) is 6.07 Å². The molecule has 7 heteroatoms. The minimum absolute atomic E-state index is 0.0261. The van der Waals surface area contributed by atoms with E-state index in [2.05, 4.69) is 4.98 Å². The molecule has 0 aliphatic carbocycles. The van der Waals surface area contributed by atoms with Gasteiger partial charge in [0.25, 0.3) is 0 Å². The molecule has 4 nitrogen and oxygen atoms in total. The highest BCUT2D eigenvalue weighted by Gasteiger charge is 2.33. The monoisotopic (exact) mass is 388 g/mol. The molecule has 0 bridgehead atoms. The van der Waals surface area contributed by atoms with Gasteiger partial charge in [-0.2, -0.15) is 13.2 Å². The third-order valence-corrected chi connectivity index (χ3v) is 4.66. The lowest BCUT2D eigenvalue weighted by Crippen LogP contribution is -2.41. The molecule has 0 N–H and O–H groups in total. The average Bonchev–Trinajstić information content (AvgIpc) is 2.72. The number of aromatic nitrogens is 1. The Balaban J connectivity index is 1.68. The predicted octanol–water partition coefficient (Wildman–Crippen LogP) is 4.24. The molecule has 0 saturated carbocycles. The molecular formula is C21H19F3N2O2. The highest BCUT2D eigenvalue weighted by atomic mass is 19.4. The number of carbonyl (C=O) groups is 2. The van der Waals surface area contributed by atoms with Crippen LogP contribution in [-0.4, -0.2) is 34.7 Å². The second kappa shape index (κ2) is 8.37. The summed E-state index contributed by atoms with van der Waals surface area (Å²) in [5, 5.41) is 0. The van der Waals surface area contributed by atoms with Gasteiger partial charge in [-0.1, -0.05) is 18.2 Å². The summed E-state index contributed by atoms with van der Waals surface area (Å²) in [6, 6.07) is 9.78. The fourth-order valence-electron chi connectivity index (χ4n) is 3.21. The van der Waals surface area contributed by atoms with Crippen molar-refractivity contribution in [3.8, 4) is 0 Å². The van der Waals surface area contributed by atoms with E-state index in [0.29, 0.717) is 25.1 Å². The van der Waals surface area contributed by atoms with E-state index in [1.54, 1.807) is 29.3 Å². The molecule has 0 radical (unpaired) electrons. The lowest BCUT2D eigenvalue weighted by atomic mass is 9.89. The van der Waals surface area contributed by atoms with E-state index in [0.717, 1.165) is 12.1 Å². The Hall–Kier alpha value is -2.96. The van der Waals surface area contributed by atoms with Crippen LogP contribution in [-0.2, 0) is 11.0 Å². The summed E-state index contributed by atoms with van der Waals surface area (Å²) < 4.78 is 38.7. The third-order valence-electron chi connectivity index (χ3n) is 4.66. The van der Waals surface area contributed by atoms with Crippen molar-refractivity contribution >= 4 is 17.8 Å². The SMILES string of the molecule is O=C(c1cccc(C(F)(F)F)c1)C1CCCN(C(=O)C=Cc2ccccn2)C1. The number of halogens is 3. The van der Waals surface area contributed by atoms with E-state index in [1.165, 1.54) is 18.2 Å². The molecule has 146 valence electrons. The van der Waals surface area contributed by atoms with Gasteiger partial charge in [0.05, 0.1) is 11.3 Å². The van der Waals surface area contributed by atoms with E-state index in [4.69, 9.17) is 0 Å². The maximum Gasteiger partial charge on any atom is 0.416 e. The second-order valence-corrected chi connectivity index (χ2v) is 6.65. The number of amides is 1. The number of hydrogen-bond acceptors (Lipinski definition) is 3. The van der Waals surface area contributed by atoms with Gasteiger partial charge in [-0.25, -0.2) is 0 Å². The quantitative estimate of drug-likeness (QED) is 0.582. The molecule has 0 spiro atoms.